The highest BCUT2D eigenvalue weighted by Crippen LogP contribution is 2.32. The van der Waals surface area contributed by atoms with E-state index >= 15 is 0 Å². The molecule has 0 radical (unpaired) electrons. The fourth-order valence-corrected chi connectivity index (χ4v) is 4.26. The van der Waals surface area contributed by atoms with Crippen molar-refractivity contribution in [2.45, 2.75) is 52.1 Å². The van der Waals surface area contributed by atoms with Crippen molar-refractivity contribution in [3.63, 3.8) is 0 Å². The summed E-state index contributed by atoms with van der Waals surface area (Å²) in [6.07, 6.45) is -5.00. The van der Waals surface area contributed by atoms with Crippen LogP contribution >= 0.6 is 0 Å². The van der Waals surface area contributed by atoms with Crippen molar-refractivity contribution >= 4 is 29.3 Å². The van der Waals surface area contributed by atoms with Crippen LogP contribution in [0.1, 0.15) is 43.6 Å². The van der Waals surface area contributed by atoms with E-state index in [1.54, 1.807) is 14.0 Å². The third kappa shape index (κ3) is 8.26. The maximum Gasteiger partial charge on any atom is 0.416 e. The van der Waals surface area contributed by atoms with Crippen LogP contribution in [0.2, 0.25) is 0 Å². The summed E-state index contributed by atoms with van der Waals surface area (Å²) >= 11 is 0. The van der Waals surface area contributed by atoms with E-state index in [0.717, 1.165) is 24.3 Å². The molecule has 5 amide bonds. The summed E-state index contributed by atoms with van der Waals surface area (Å²) in [4.78, 5) is 41.7. The first kappa shape index (κ1) is 31.5. The van der Waals surface area contributed by atoms with Gasteiger partial charge in [-0.25, -0.2) is 9.59 Å². The van der Waals surface area contributed by atoms with Gasteiger partial charge in [0.2, 0.25) is 0 Å². The number of likely N-dealkylation sites (N-methyl/N-ethyl adjacent to an activating group) is 1. The first-order valence-corrected chi connectivity index (χ1v) is 13.2. The molecule has 1 aliphatic heterocycles. The molecule has 224 valence electrons. The molecule has 2 aromatic carbocycles. The van der Waals surface area contributed by atoms with E-state index in [9.17, 15) is 32.7 Å². The van der Waals surface area contributed by atoms with Crippen LogP contribution in [0.4, 0.5) is 34.1 Å². The largest absolute Gasteiger partial charge is 0.487 e. The summed E-state index contributed by atoms with van der Waals surface area (Å²) in [5, 5.41) is 17.7. The van der Waals surface area contributed by atoms with Crippen LogP contribution in [0.25, 0.3) is 0 Å². The Hall–Kier alpha value is -4.00. The number of amides is 5. The number of carbonyl (C=O) groups excluding carboxylic acids is 3. The lowest BCUT2D eigenvalue weighted by molar-refractivity contribution is -0.137. The van der Waals surface area contributed by atoms with Gasteiger partial charge in [0.15, 0.2) is 0 Å². The smallest absolute Gasteiger partial charge is 0.416 e. The molecule has 0 saturated carbocycles. The van der Waals surface area contributed by atoms with Crippen LogP contribution in [-0.4, -0.2) is 77.8 Å². The fraction of sp³-hybridized carbons (Fsp3) is 0.464. The third-order valence-corrected chi connectivity index (χ3v) is 6.61. The number of nitrogens with one attached hydrogen (secondary N) is 3. The predicted molar refractivity (Wildman–Crippen MR) is 148 cm³/mol. The van der Waals surface area contributed by atoms with Crippen LogP contribution < -0.4 is 20.7 Å². The highest BCUT2D eigenvalue weighted by molar-refractivity contribution is 6.02. The van der Waals surface area contributed by atoms with Crippen LogP contribution in [0.5, 0.6) is 5.75 Å². The first-order valence-electron chi connectivity index (χ1n) is 13.2. The number of alkyl halides is 3. The van der Waals surface area contributed by atoms with E-state index in [0.29, 0.717) is 0 Å². The quantitative estimate of drug-likeness (QED) is 0.381. The number of hydrogen-bond donors (Lipinski definition) is 4. The second kappa shape index (κ2) is 13.1. The molecule has 41 heavy (non-hydrogen) atoms. The Labute approximate surface area is 236 Å². The number of urea groups is 2. The van der Waals surface area contributed by atoms with Crippen molar-refractivity contribution < 1.29 is 37.4 Å². The summed E-state index contributed by atoms with van der Waals surface area (Å²) in [6.45, 7) is 7.52. The Morgan fingerprint density at radius 3 is 2.29 bits per heavy atom. The molecular weight excluding hydrogens is 543 g/mol. The second-order valence-electron chi connectivity index (χ2n) is 10.5. The zero-order chi connectivity index (χ0) is 30.5. The Morgan fingerprint density at radius 1 is 1.10 bits per heavy atom. The Balaban J connectivity index is 1.84. The molecular formula is C28H36F3N5O5. The van der Waals surface area contributed by atoms with Gasteiger partial charge in [-0.2, -0.15) is 13.2 Å². The van der Waals surface area contributed by atoms with Crippen LogP contribution in [0.15, 0.2) is 42.5 Å². The number of aliphatic hydroxyl groups is 1. The van der Waals surface area contributed by atoms with Crippen molar-refractivity contribution in [3.05, 3.63) is 53.6 Å². The van der Waals surface area contributed by atoms with Gasteiger partial charge in [-0.15, -0.1) is 0 Å². The van der Waals surface area contributed by atoms with E-state index < -0.39 is 35.8 Å². The molecule has 0 aromatic heterocycles. The summed E-state index contributed by atoms with van der Waals surface area (Å²) in [6, 6.07) is 6.90. The minimum absolute atomic E-state index is 0.0535. The average molecular weight is 580 g/mol. The standard InChI is InChI=1S/C28H36F3N5O5/c1-16(2)32-27(40)35(5)14-24-17(3)13-36(18(4)15-37)25(38)22-12-21(10-11-23(22)41-24)34-26(39)33-20-8-6-19(7-9-20)28(29,30)31/h6-12,16-18,24,37H,13-15H2,1-5H3,(H,32,40)(H2,33,34,39)/t17-,18+,24-/m1/s1. The number of fused-ring (bicyclic) bond motifs is 1. The summed E-state index contributed by atoms with van der Waals surface area (Å²) in [5.74, 6) is -0.375. The minimum Gasteiger partial charge on any atom is -0.487 e. The molecule has 13 heteroatoms. The molecule has 2 aromatic rings. The van der Waals surface area contributed by atoms with Crippen molar-refractivity contribution in [1.29, 1.82) is 0 Å². The average Bonchev–Trinajstić information content (AvgIpc) is 2.89. The van der Waals surface area contributed by atoms with E-state index in [-0.39, 0.29) is 60.4 Å². The van der Waals surface area contributed by atoms with E-state index in [2.05, 4.69) is 16.0 Å². The molecule has 1 aliphatic rings. The van der Waals surface area contributed by atoms with Crippen LogP contribution in [0.3, 0.4) is 0 Å². The number of anilines is 2. The zero-order valence-electron chi connectivity index (χ0n) is 23.6. The van der Waals surface area contributed by atoms with Gasteiger partial charge in [-0.1, -0.05) is 6.92 Å². The van der Waals surface area contributed by atoms with E-state index in [1.165, 1.54) is 28.0 Å². The lowest BCUT2D eigenvalue weighted by Crippen LogP contribution is -2.51. The lowest BCUT2D eigenvalue weighted by atomic mass is 9.99. The fourth-order valence-electron chi connectivity index (χ4n) is 4.26. The van der Waals surface area contributed by atoms with Crippen molar-refractivity contribution in [1.82, 2.24) is 15.1 Å². The molecule has 0 bridgehead atoms. The molecule has 0 spiro atoms. The van der Waals surface area contributed by atoms with E-state index in [1.807, 2.05) is 20.8 Å². The van der Waals surface area contributed by atoms with Crippen LogP contribution in [-0.2, 0) is 6.18 Å². The zero-order valence-corrected chi connectivity index (χ0v) is 23.6. The number of benzene rings is 2. The molecule has 4 N–H and O–H groups in total. The molecule has 0 saturated heterocycles. The summed E-state index contributed by atoms with van der Waals surface area (Å²) < 4.78 is 44.7. The van der Waals surface area contributed by atoms with Gasteiger partial charge in [0.25, 0.3) is 5.91 Å². The maximum absolute atomic E-state index is 13.6. The maximum atomic E-state index is 13.6. The Bertz CT molecular complexity index is 1240. The van der Waals surface area contributed by atoms with Gasteiger partial charge in [0.1, 0.15) is 11.9 Å². The lowest BCUT2D eigenvalue weighted by Gasteiger charge is -2.38. The van der Waals surface area contributed by atoms with Crippen molar-refractivity contribution in [3.8, 4) is 5.75 Å². The molecule has 10 nitrogen and oxygen atoms in total. The molecule has 0 fully saturated rings. The number of rotatable bonds is 7. The molecule has 3 atom stereocenters. The number of hydrogen-bond acceptors (Lipinski definition) is 5. The summed E-state index contributed by atoms with van der Waals surface area (Å²) in [7, 11) is 1.65. The number of carbonyl (C=O) groups is 3. The SMILES string of the molecule is CC(C)NC(=O)N(C)C[C@H]1Oc2ccc(NC(=O)Nc3ccc(C(F)(F)F)cc3)cc2C(=O)N([C@@H](C)CO)C[C@H]1C. The van der Waals surface area contributed by atoms with Gasteiger partial charge in [0, 0.05) is 36.9 Å². The Morgan fingerprint density at radius 2 is 1.71 bits per heavy atom. The topological polar surface area (TPSA) is 123 Å². The molecule has 3 rings (SSSR count). The normalized spacial score (nSPS) is 18.0. The van der Waals surface area contributed by atoms with Gasteiger partial charge in [-0.3, -0.25) is 4.79 Å². The van der Waals surface area contributed by atoms with Crippen LogP contribution in [0, 0.1) is 5.92 Å². The first-order chi connectivity index (χ1) is 19.2. The Kier molecular flexibility index (Phi) is 10.1. The molecule has 0 unspecified atom stereocenters. The third-order valence-electron chi connectivity index (χ3n) is 6.61. The monoisotopic (exact) mass is 579 g/mol. The van der Waals surface area contributed by atoms with Gasteiger partial charge in [0.05, 0.1) is 30.3 Å². The van der Waals surface area contributed by atoms with E-state index in [4.69, 9.17) is 4.74 Å². The molecule has 1 heterocycles. The predicted octanol–water partition coefficient (Wildman–Crippen LogP) is 4.62. The van der Waals surface area contributed by atoms with Crippen molar-refractivity contribution in [2.75, 3.05) is 37.4 Å². The van der Waals surface area contributed by atoms with Gasteiger partial charge in [-0.05, 0) is 63.2 Å². The summed E-state index contributed by atoms with van der Waals surface area (Å²) in [5.41, 5.74) is -0.319. The number of halogens is 3. The number of aliphatic hydroxyl groups excluding tert-OH is 1. The second-order valence-corrected chi connectivity index (χ2v) is 10.5. The highest BCUT2D eigenvalue weighted by atomic mass is 19.4. The van der Waals surface area contributed by atoms with Crippen molar-refractivity contribution in [2.24, 2.45) is 5.92 Å². The highest BCUT2D eigenvalue weighted by Gasteiger charge is 2.34. The molecule has 0 aliphatic carbocycles. The van der Waals surface area contributed by atoms with Gasteiger partial charge >= 0.3 is 18.2 Å². The minimum atomic E-state index is -4.50. The van der Waals surface area contributed by atoms with Gasteiger partial charge < -0.3 is 35.6 Å². The number of nitrogens with zero attached hydrogens (tertiary/aromatic N) is 2. The number of ether oxygens (including phenoxy) is 1.